The molecule has 0 aliphatic carbocycles. The Balaban J connectivity index is 2.06. The van der Waals surface area contributed by atoms with Crippen molar-refractivity contribution in [1.82, 2.24) is 15.1 Å². The van der Waals surface area contributed by atoms with Gasteiger partial charge in [0.15, 0.2) is 0 Å². The summed E-state index contributed by atoms with van der Waals surface area (Å²) in [4.78, 5) is 11.5. The summed E-state index contributed by atoms with van der Waals surface area (Å²) in [5, 5.41) is 7.78. The summed E-state index contributed by atoms with van der Waals surface area (Å²) < 4.78 is 19.8. The van der Waals surface area contributed by atoms with Crippen LogP contribution in [0, 0.1) is 5.82 Å². The summed E-state index contributed by atoms with van der Waals surface area (Å²) in [6, 6.07) is 6.34. The van der Waals surface area contributed by atoms with Crippen LogP contribution in [0.25, 0.3) is 11.3 Å². The zero-order valence-corrected chi connectivity index (χ0v) is 11.7. The first kappa shape index (κ1) is 13.8. The molecule has 1 aliphatic rings. The summed E-state index contributed by atoms with van der Waals surface area (Å²) in [6.07, 6.45) is 0.786. The van der Waals surface area contributed by atoms with Crippen LogP contribution in [0.3, 0.4) is 0 Å². The Kier molecular flexibility index (Phi) is 3.70. The van der Waals surface area contributed by atoms with Gasteiger partial charge in [0, 0.05) is 36.3 Å². The van der Waals surface area contributed by atoms with Crippen LogP contribution in [-0.4, -0.2) is 29.4 Å². The second kappa shape index (κ2) is 5.65. The van der Waals surface area contributed by atoms with Crippen LogP contribution in [0.1, 0.15) is 11.3 Å². The van der Waals surface area contributed by atoms with Crippen molar-refractivity contribution in [2.24, 2.45) is 0 Å². The Morgan fingerprint density at radius 2 is 2.38 bits per heavy atom. The van der Waals surface area contributed by atoms with Gasteiger partial charge in [-0.15, -0.1) is 0 Å². The first-order valence-corrected chi connectivity index (χ1v) is 6.81. The number of methoxy groups -OCH3 is 1. The van der Waals surface area contributed by atoms with E-state index in [4.69, 9.17) is 4.74 Å². The maximum Gasteiger partial charge on any atom is 0.327 e. The van der Waals surface area contributed by atoms with Crippen molar-refractivity contribution >= 4 is 5.97 Å². The van der Waals surface area contributed by atoms with E-state index in [1.807, 2.05) is 6.07 Å². The lowest BCUT2D eigenvalue weighted by molar-refractivity contribution is -0.141. The number of carbonyl (C=O) groups is 1. The van der Waals surface area contributed by atoms with Crippen molar-refractivity contribution in [2.75, 3.05) is 13.7 Å². The fourth-order valence-electron chi connectivity index (χ4n) is 2.61. The molecule has 0 fully saturated rings. The number of carbonyl (C=O) groups excluding carboxylic acids is 1. The molecule has 21 heavy (non-hydrogen) atoms. The number of ether oxygens (including phenoxy) is 1. The Hall–Kier alpha value is -2.21. The first-order chi connectivity index (χ1) is 10.2. The third-order valence-corrected chi connectivity index (χ3v) is 3.61. The van der Waals surface area contributed by atoms with Gasteiger partial charge in [-0.25, -0.2) is 4.39 Å². The minimum absolute atomic E-state index is 0.0775. The predicted octanol–water partition coefficient (Wildman–Crippen LogP) is 1.51. The average molecular weight is 289 g/mol. The van der Waals surface area contributed by atoms with Gasteiger partial charge < -0.3 is 10.1 Å². The molecule has 0 unspecified atom stereocenters. The van der Waals surface area contributed by atoms with Gasteiger partial charge >= 0.3 is 5.97 Å². The molecule has 0 bridgehead atoms. The summed E-state index contributed by atoms with van der Waals surface area (Å²) >= 11 is 0. The van der Waals surface area contributed by atoms with E-state index < -0.39 is 0 Å². The van der Waals surface area contributed by atoms with Crippen molar-refractivity contribution in [3.8, 4) is 11.3 Å². The van der Waals surface area contributed by atoms with Gasteiger partial charge in [0.2, 0.25) is 0 Å². The molecule has 1 N–H and O–H groups in total. The summed E-state index contributed by atoms with van der Waals surface area (Å²) in [5.74, 6) is -0.642. The van der Waals surface area contributed by atoms with Crippen molar-refractivity contribution < 1.29 is 13.9 Å². The van der Waals surface area contributed by atoms with E-state index >= 15 is 0 Å². The van der Waals surface area contributed by atoms with Crippen molar-refractivity contribution in [3.63, 3.8) is 0 Å². The summed E-state index contributed by atoms with van der Waals surface area (Å²) in [5.41, 5.74) is 3.48. The number of fused-ring (bicyclic) bond motifs is 1. The fraction of sp³-hybridized carbons (Fsp3) is 0.333. The lowest BCUT2D eigenvalue weighted by atomic mass is 10.0. The van der Waals surface area contributed by atoms with Gasteiger partial charge in [-0.2, -0.15) is 5.10 Å². The zero-order valence-electron chi connectivity index (χ0n) is 11.7. The molecular weight excluding hydrogens is 273 g/mol. The van der Waals surface area contributed by atoms with Crippen molar-refractivity contribution in [2.45, 2.75) is 19.5 Å². The Morgan fingerprint density at radius 3 is 3.14 bits per heavy atom. The minimum Gasteiger partial charge on any atom is -0.468 e. The number of nitrogens with one attached hydrogen (secondary N) is 1. The van der Waals surface area contributed by atoms with Crippen LogP contribution in [0.2, 0.25) is 0 Å². The van der Waals surface area contributed by atoms with Crippen molar-refractivity contribution in [1.29, 1.82) is 0 Å². The number of benzene rings is 1. The monoisotopic (exact) mass is 289 g/mol. The molecule has 0 spiro atoms. The van der Waals surface area contributed by atoms with Crippen LogP contribution < -0.4 is 5.32 Å². The second-order valence-corrected chi connectivity index (χ2v) is 4.94. The molecule has 110 valence electrons. The highest BCUT2D eigenvalue weighted by Gasteiger charge is 2.22. The molecule has 2 aromatic rings. The lowest BCUT2D eigenvalue weighted by Crippen LogP contribution is -2.26. The largest absolute Gasteiger partial charge is 0.468 e. The number of nitrogens with zero attached hydrogens (tertiary/aromatic N) is 2. The highest BCUT2D eigenvalue weighted by atomic mass is 19.1. The fourth-order valence-corrected chi connectivity index (χ4v) is 2.61. The number of halogens is 1. The molecule has 6 heteroatoms. The normalized spacial score (nSPS) is 13.8. The molecule has 0 saturated carbocycles. The van der Waals surface area contributed by atoms with E-state index in [1.165, 1.54) is 19.2 Å². The van der Waals surface area contributed by atoms with Crippen LogP contribution in [0.5, 0.6) is 0 Å². The Morgan fingerprint density at radius 1 is 1.52 bits per heavy atom. The number of esters is 1. The molecule has 1 aliphatic heterocycles. The van der Waals surface area contributed by atoms with Crippen LogP contribution in [0.15, 0.2) is 24.3 Å². The molecule has 0 amide bonds. The van der Waals surface area contributed by atoms with Gasteiger partial charge in [-0.05, 0) is 12.1 Å². The highest BCUT2D eigenvalue weighted by molar-refractivity contribution is 5.70. The summed E-state index contributed by atoms with van der Waals surface area (Å²) in [7, 11) is 1.35. The molecule has 0 radical (unpaired) electrons. The van der Waals surface area contributed by atoms with Gasteiger partial charge in [-0.1, -0.05) is 12.1 Å². The quantitative estimate of drug-likeness (QED) is 0.870. The Bertz CT molecular complexity index is 682. The van der Waals surface area contributed by atoms with Crippen LogP contribution in [-0.2, 0) is 29.0 Å². The highest BCUT2D eigenvalue weighted by Crippen LogP contribution is 2.28. The smallest absolute Gasteiger partial charge is 0.327 e. The maximum atomic E-state index is 13.4. The lowest BCUT2D eigenvalue weighted by Gasteiger charge is -2.15. The SMILES string of the molecule is COC(=O)Cn1nc(-c2cccc(F)c2)c2c1CCNC2. The van der Waals surface area contributed by atoms with Gasteiger partial charge in [0.1, 0.15) is 12.4 Å². The van der Waals surface area contributed by atoms with Gasteiger partial charge in [0.25, 0.3) is 0 Å². The zero-order chi connectivity index (χ0) is 14.8. The third kappa shape index (κ3) is 2.67. The van der Waals surface area contributed by atoms with E-state index in [0.717, 1.165) is 35.5 Å². The van der Waals surface area contributed by atoms with Crippen LogP contribution >= 0.6 is 0 Å². The molecule has 3 rings (SSSR count). The number of aromatic nitrogens is 2. The third-order valence-electron chi connectivity index (χ3n) is 3.61. The molecule has 2 heterocycles. The van der Waals surface area contributed by atoms with E-state index in [9.17, 15) is 9.18 Å². The number of rotatable bonds is 3. The average Bonchev–Trinajstić information content (AvgIpc) is 2.86. The molecule has 1 aromatic carbocycles. The van der Waals surface area contributed by atoms with E-state index in [-0.39, 0.29) is 18.3 Å². The van der Waals surface area contributed by atoms with E-state index in [0.29, 0.717) is 6.54 Å². The summed E-state index contributed by atoms with van der Waals surface area (Å²) in [6.45, 7) is 1.58. The molecular formula is C15H16FN3O2. The van der Waals surface area contributed by atoms with E-state index in [1.54, 1.807) is 10.7 Å². The van der Waals surface area contributed by atoms with Crippen LogP contribution in [0.4, 0.5) is 4.39 Å². The second-order valence-electron chi connectivity index (χ2n) is 4.94. The number of hydrogen-bond acceptors (Lipinski definition) is 4. The molecule has 5 nitrogen and oxygen atoms in total. The molecule has 0 saturated heterocycles. The van der Waals surface area contributed by atoms with Gasteiger partial charge in [-0.3, -0.25) is 9.48 Å². The molecule has 1 aromatic heterocycles. The first-order valence-electron chi connectivity index (χ1n) is 6.81. The number of hydrogen-bond donors (Lipinski definition) is 1. The standard InChI is InChI=1S/C15H16FN3O2/c1-21-14(20)9-19-13-5-6-17-8-12(13)15(18-19)10-3-2-4-11(16)7-10/h2-4,7,17H,5-6,8-9H2,1H3. The van der Waals surface area contributed by atoms with E-state index in [2.05, 4.69) is 10.4 Å². The predicted molar refractivity (Wildman–Crippen MR) is 75.0 cm³/mol. The topological polar surface area (TPSA) is 56.2 Å². The minimum atomic E-state index is -0.343. The van der Waals surface area contributed by atoms with Crippen molar-refractivity contribution in [3.05, 3.63) is 41.3 Å². The van der Waals surface area contributed by atoms with Gasteiger partial charge in [0.05, 0.1) is 12.8 Å². The Labute approximate surface area is 121 Å². The molecule has 0 atom stereocenters. The maximum absolute atomic E-state index is 13.4.